The van der Waals surface area contributed by atoms with Gasteiger partial charge in [-0.1, -0.05) is 24.3 Å². The third-order valence-electron chi connectivity index (χ3n) is 3.06. The zero-order chi connectivity index (χ0) is 15.1. The summed E-state index contributed by atoms with van der Waals surface area (Å²) in [5, 5.41) is 0. The van der Waals surface area contributed by atoms with E-state index in [1.807, 2.05) is 55.5 Å². The lowest BCUT2D eigenvalue weighted by Crippen LogP contribution is -2.12. The Kier molecular flexibility index (Phi) is 5.46. The summed E-state index contributed by atoms with van der Waals surface area (Å²) in [6.45, 7) is 2.84. The van der Waals surface area contributed by atoms with Crippen LogP contribution in [-0.2, 0) is 0 Å². The third kappa shape index (κ3) is 4.39. The number of para-hydroxylation sites is 1. The van der Waals surface area contributed by atoms with E-state index in [0.717, 1.165) is 22.8 Å². The minimum absolute atomic E-state index is 0.0963. The summed E-state index contributed by atoms with van der Waals surface area (Å²) in [6, 6.07) is 15.2. The summed E-state index contributed by atoms with van der Waals surface area (Å²) in [6.07, 6.45) is 0. The van der Waals surface area contributed by atoms with Crippen LogP contribution in [0.5, 0.6) is 17.2 Å². The molecule has 2 N–H and O–H groups in total. The van der Waals surface area contributed by atoms with Crippen LogP contribution in [0.2, 0.25) is 0 Å². The van der Waals surface area contributed by atoms with Gasteiger partial charge in [-0.2, -0.15) is 0 Å². The second-order valence-corrected chi connectivity index (χ2v) is 4.70. The molecule has 4 heteroatoms. The Morgan fingerprint density at radius 1 is 0.952 bits per heavy atom. The van der Waals surface area contributed by atoms with Crippen LogP contribution in [0.1, 0.15) is 18.5 Å². The van der Waals surface area contributed by atoms with Gasteiger partial charge in [0.2, 0.25) is 0 Å². The maximum atomic E-state index is 5.95. The predicted molar refractivity (Wildman–Crippen MR) is 83.0 cm³/mol. The zero-order valence-electron chi connectivity index (χ0n) is 12.4. The van der Waals surface area contributed by atoms with Crippen molar-refractivity contribution < 1.29 is 14.2 Å². The molecular weight excluding hydrogens is 266 g/mol. The Morgan fingerprint density at radius 3 is 2.33 bits per heavy atom. The Labute approximate surface area is 125 Å². The second-order valence-electron chi connectivity index (χ2n) is 4.70. The molecule has 112 valence electrons. The van der Waals surface area contributed by atoms with Gasteiger partial charge in [-0.3, -0.25) is 0 Å². The Bertz CT molecular complexity index is 555. The van der Waals surface area contributed by atoms with Gasteiger partial charge in [0.1, 0.15) is 30.5 Å². The SMILES string of the molecule is COc1ccc([C@@H](C)N)c(OCCOc2ccccc2)c1. The van der Waals surface area contributed by atoms with Crippen LogP contribution >= 0.6 is 0 Å². The van der Waals surface area contributed by atoms with Gasteiger partial charge >= 0.3 is 0 Å². The van der Waals surface area contributed by atoms with Gasteiger partial charge in [-0.15, -0.1) is 0 Å². The van der Waals surface area contributed by atoms with Gasteiger partial charge in [0.25, 0.3) is 0 Å². The summed E-state index contributed by atoms with van der Waals surface area (Å²) >= 11 is 0. The van der Waals surface area contributed by atoms with Crippen LogP contribution in [0.3, 0.4) is 0 Å². The van der Waals surface area contributed by atoms with E-state index in [4.69, 9.17) is 19.9 Å². The lowest BCUT2D eigenvalue weighted by molar-refractivity contribution is 0.215. The normalized spacial score (nSPS) is 11.8. The van der Waals surface area contributed by atoms with E-state index in [0.29, 0.717) is 13.2 Å². The number of benzene rings is 2. The highest BCUT2D eigenvalue weighted by Gasteiger charge is 2.09. The topological polar surface area (TPSA) is 53.7 Å². The van der Waals surface area contributed by atoms with Crippen molar-refractivity contribution in [3.05, 3.63) is 54.1 Å². The van der Waals surface area contributed by atoms with Crippen molar-refractivity contribution >= 4 is 0 Å². The Morgan fingerprint density at radius 2 is 1.67 bits per heavy atom. The molecule has 0 spiro atoms. The molecule has 2 rings (SSSR count). The molecule has 0 fully saturated rings. The van der Waals surface area contributed by atoms with Crippen molar-refractivity contribution in [3.63, 3.8) is 0 Å². The fourth-order valence-corrected chi connectivity index (χ4v) is 1.97. The molecule has 0 saturated heterocycles. The summed E-state index contributed by atoms with van der Waals surface area (Å²) in [5.41, 5.74) is 6.90. The molecule has 0 bridgehead atoms. The number of nitrogens with two attached hydrogens (primary N) is 1. The average Bonchev–Trinajstić information content (AvgIpc) is 2.52. The molecule has 0 amide bonds. The fourth-order valence-electron chi connectivity index (χ4n) is 1.97. The number of hydrogen-bond donors (Lipinski definition) is 1. The molecule has 0 heterocycles. The lowest BCUT2D eigenvalue weighted by Gasteiger charge is -2.15. The van der Waals surface area contributed by atoms with E-state index in [2.05, 4.69) is 0 Å². The number of rotatable bonds is 7. The molecular formula is C17H21NO3. The predicted octanol–water partition coefficient (Wildman–Crippen LogP) is 3.17. The first-order valence-electron chi connectivity index (χ1n) is 6.95. The third-order valence-corrected chi connectivity index (χ3v) is 3.06. The van der Waals surface area contributed by atoms with E-state index in [-0.39, 0.29) is 6.04 Å². The summed E-state index contributed by atoms with van der Waals surface area (Å²) in [7, 11) is 1.63. The maximum absolute atomic E-state index is 5.95. The summed E-state index contributed by atoms with van der Waals surface area (Å²) in [4.78, 5) is 0. The number of ether oxygens (including phenoxy) is 3. The second kappa shape index (κ2) is 7.55. The van der Waals surface area contributed by atoms with Crippen molar-refractivity contribution in [1.29, 1.82) is 0 Å². The molecule has 21 heavy (non-hydrogen) atoms. The van der Waals surface area contributed by atoms with E-state index in [1.54, 1.807) is 7.11 Å². The van der Waals surface area contributed by atoms with E-state index in [9.17, 15) is 0 Å². The monoisotopic (exact) mass is 287 g/mol. The Balaban J connectivity index is 1.92. The molecule has 0 aliphatic carbocycles. The Hall–Kier alpha value is -2.20. The minimum Gasteiger partial charge on any atom is -0.497 e. The van der Waals surface area contributed by atoms with Crippen molar-refractivity contribution in [2.24, 2.45) is 5.73 Å². The van der Waals surface area contributed by atoms with Gasteiger partial charge in [-0.05, 0) is 25.1 Å². The van der Waals surface area contributed by atoms with Gasteiger partial charge < -0.3 is 19.9 Å². The first-order valence-corrected chi connectivity index (χ1v) is 6.95. The summed E-state index contributed by atoms with van der Waals surface area (Å²) in [5.74, 6) is 2.32. The van der Waals surface area contributed by atoms with E-state index in [1.165, 1.54) is 0 Å². The van der Waals surface area contributed by atoms with Gasteiger partial charge in [-0.25, -0.2) is 0 Å². The molecule has 0 saturated carbocycles. The quantitative estimate of drug-likeness (QED) is 0.795. The van der Waals surface area contributed by atoms with Crippen LogP contribution in [-0.4, -0.2) is 20.3 Å². The smallest absolute Gasteiger partial charge is 0.127 e. The molecule has 0 aromatic heterocycles. The van der Waals surface area contributed by atoms with Gasteiger partial charge in [0, 0.05) is 17.7 Å². The number of hydrogen-bond acceptors (Lipinski definition) is 4. The zero-order valence-corrected chi connectivity index (χ0v) is 12.4. The van der Waals surface area contributed by atoms with Crippen LogP contribution in [0.25, 0.3) is 0 Å². The first kappa shape index (κ1) is 15.2. The minimum atomic E-state index is -0.0963. The molecule has 0 radical (unpaired) electrons. The van der Waals surface area contributed by atoms with Crippen LogP contribution in [0, 0.1) is 0 Å². The molecule has 1 atom stereocenters. The van der Waals surface area contributed by atoms with Crippen LogP contribution in [0.4, 0.5) is 0 Å². The maximum Gasteiger partial charge on any atom is 0.127 e. The summed E-state index contributed by atoms with van der Waals surface area (Å²) < 4.78 is 16.6. The molecule has 0 unspecified atom stereocenters. The average molecular weight is 287 g/mol. The molecule has 2 aromatic carbocycles. The molecule has 0 aliphatic heterocycles. The highest BCUT2D eigenvalue weighted by Crippen LogP contribution is 2.28. The highest BCUT2D eigenvalue weighted by atomic mass is 16.5. The van der Waals surface area contributed by atoms with Crippen LogP contribution in [0.15, 0.2) is 48.5 Å². The highest BCUT2D eigenvalue weighted by molar-refractivity contribution is 5.42. The van der Waals surface area contributed by atoms with E-state index >= 15 is 0 Å². The lowest BCUT2D eigenvalue weighted by atomic mass is 10.1. The van der Waals surface area contributed by atoms with Crippen molar-refractivity contribution in [3.8, 4) is 17.2 Å². The van der Waals surface area contributed by atoms with Crippen molar-refractivity contribution in [1.82, 2.24) is 0 Å². The standard InChI is InChI=1S/C17H21NO3/c1-13(18)16-9-8-15(19-2)12-17(16)21-11-10-20-14-6-4-3-5-7-14/h3-9,12-13H,10-11,18H2,1-2H3/t13-/m1/s1. The molecule has 4 nitrogen and oxygen atoms in total. The van der Waals surface area contributed by atoms with Crippen molar-refractivity contribution in [2.45, 2.75) is 13.0 Å². The molecule has 0 aliphatic rings. The first-order chi connectivity index (χ1) is 10.2. The van der Waals surface area contributed by atoms with Crippen LogP contribution < -0.4 is 19.9 Å². The van der Waals surface area contributed by atoms with Gasteiger partial charge in [0.15, 0.2) is 0 Å². The fraction of sp³-hybridized carbons (Fsp3) is 0.294. The van der Waals surface area contributed by atoms with E-state index < -0.39 is 0 Å². The largest absolute Gasteiger partial charge is 0.497 e. The van der Waals surface area contributed by atoms with Crippen molar-refractivity contribution in [2.75, 3.05) is 20.3 Å². The van der Waals surface area contributed by atoms with Gasteiger partial charge in [0.05, 0.1) is 7.11 Å². The number of methoxy groups -OCH3 is 1. The molecule has 2 aromatic rings.